The average Bonchev–Trinajstić information content (AvgIpc) is 2.25. The van der Waals surface area contributed by atoms with Gasteiger partial charge in [0.1, 0.15) is 0 Å². The molecule has 1 aromatic carbocycles. The van der Waals surface area contributed by atoms with E-state index in [1.54, 1.807) is 0 Å². The van der Waals surface area contributed by atoms with Crippen LogP contribution in [0.1, 0.15) is 35.7 Å². The zero-order chi connectivity index (χ0) is 14.2. The minimum absolute atomic E-state index is 0.0384. The SMILES string of the molecule is CC1CC(NC(=O)c2cccc(C(F)(F)F)c2N)C1. The summed E-state index contributed by atoms with van der Waals surface area (Å²) in [5, 5.41) is 2.70. The molecular formula is C13H15F3N2O. The molecule has 0 aliphatic heterocycles. The highest BCUT2D eigenvalue weighted by Gasteiger charge is 2.35. The van der Waals surface area contributed by atoms with E-state index < -0.39 is 23.3 Å². The number of nitrogens with one attached hydrogen (secondary N) is 1. The predicted molar refractivity (Wildman–Crippen MR) is 65.5 cm³/mol. The molecule has 0 saturated heterocycles. The van der Waals surface area contributed by atoms with Crippen molar-refractivity contribution in [3.05, 3.63) is 29.3 Å². The number of hydrogen-bond acceptors (Lipinski definition) is 2. The van der Waals surface area contributed by atoms with Gasteiger partial charge in [0.05, 0.1) is 16.8 Å². The highest BCUT2D eigenvalue weighted by atomic mass is 19.4. The number of rotatable bonds is 2. The van der Waals surface area contributed by atoms with Crippen LogP contribution in [-0.4, -0.2) is 11.9 Å². The highest BCUT2D eigenvalue weighted by Crippen LogP contribution is 2.35. The van der Waals surface area contributed by atoms with Crippen molar-refractivity contribution in [1.29, 1.82) is 0 Å². The lowest BCUT2D eigenvalue weighted by molar-refractivity contribution is -0.136. The molecular weight excluding hydrogens is 257 g/mol. The molecule has 1 aliphatic rings. The van der Waals surface area contributed by atoms with Gasteiger partial charge in [-0.3, -0.25) is 4.79 Å². The van der Waals surface area contributed by atoms with Crippen LogP contribution in [0.15, 0.2) is 18.2 Å². The summed E-state index contributed by atoms with van der Waals surface area (Å²) in [7, 11) is 0. The van der Waals surface area contributed by atoms with E-state index in [9.17, 15) is 18.0 Å². The fourth-order valence-electron chi connectivity index (χ4n) is 2.29. The minimum atomic E-state index is -4.55. The second kappa shape index (κ2) is 4.75. The monoisotopic (exact) mass is 272 g/mol. The Bertz CT molecular complexity index is 493. The van der Waals surface area contributed by atoms with Gasteiger partial charge >= 0.3 is 6.18 Å². The van der Waals surface area contributed by atoms with Crippen LogP contribution in [0.2, 0.25) is 0 Å². The van der Waals surface area contributed by atoms with Gasteiger partial charge in [0.2, 0.25) is 0 Å². The number of carbonyl (C=O) groups is 1. The minimum Gasteiger partial charge on any atom is -0.398 e. The van der Waals surface area contributed by atoms with Crippen molar-refractivity contribution in [3.8, 4) is 0 Å². The van der Waals surface area contributed by atoms with Crippen molar-refractivity contribution < 1.29 is 18.0 Å². The molecule has 3 nitrogen and oxygen atoms in total. The first-order valence-electron chi connectivity index (χ1n) is 6.05. The van der Waals surface area contributed by atoms with Crippen molar-refractivity contribution in [1.82, 2.24) is 5.32 Å². The van der Waals surface area contributed by atoms with Gasteiger partial charge in [0.15, 0.2) is 0 Å². The third-order valence-electron chi connectivity index (χ3n) is 3.37. The molecule has 1 amide bonds. The van der Waals surface area contributed by atoms with Gasteiger partial charge in [-0.2, -0.15) is 13.2 Å². The summed E-state index contributed by atoms with van der Waals surface area (Å²) >= 11 is 0. The van der Waals surface area contributed by atoms with Crippen LogP contribution < -0.4 is 11.1 Å². The van der Waals surface area contributed by atoms with Crippen LogP contribution in [0, 0.1) is 5.92 Å². The fourth-order valence-corrected chi connectivity index (χ4v) is 2.29. The summed E-state index contributed by atoms with van der Waals surface area (Å²) in [4.78, 5) is 11.9. The number of benzene rings is 1. The Morgan fingerprint density at radius 3 is 2.53 bits per heavy atom. The zero-order valence-electron chi connectivity index (χ0n) is 10.4. The molecule has 1 aliphatic carbocycles. The van der Waals surface area contributed by atoms with Gasteiger partial charge in [-0.05, 0) is 30.9 Å². The summed E-state index contributed by atoms with van der Waals surface area (Å²) < 4.78 is 38.0. The van der Waals surface area contributed by atoms with Crippen molar-refractivity contribution in [2.75, 3.05) is 5.73 Å². The Hall–Kier alpha value is -1.72. The van der Waals surface area contributed by atoms with Gasteiger partial charge < -0.3 is 11.1 Å². The van der Waals surface area contributed by atoms with Crippen molar-refractivity contribution in [2.24, 2.45) is 5.92 Å². The first-order valence-corrected chi connectivity index (χ1v) is 6.05. The summed E-state index contributed by atoms with van der Waals surface area (Å²) in [6.45, 7) is 2.06. The molecule has 104 valence electrons. The van der Waals surface area contributed by atoms with E-state index >= 15 is 0 Å². The summed E-state index contributed by atoms with van der Waals surface area (Å²) in [6.07, 6.45) is -2.85. The van der Waals surface area contributed by atoms with Gasteiger partial charge in [-0.15, -0.1) is 0 Å². The third-order valence-corrected chi connectivity index (χ3v) is 3.37. The number of hydrogen-bond donors (Lipinski definition) is 2. The molecule has 2 rings (SSSR count). The van der Waals surface area contributed by atoms with E-state index in [0.29, 0.717) is 5.92 Å². The molecule has 19 heavy (non-hydrogen) atoms. The Morgan fingerprint density at radius 2 is 2.00 bits per heavy atom. The molecule has 3 N–H and O–H groups in total. The van der Waals surface area contributed by atoms with E-state index in [-0.39, 0.29) is 11.6 Å². The first kappa shape index (κ1) is 13.7. The molecule has 0 heterocycles. The number of amides is 1. The number of para-hydroxylation sites is 1. The molecule has 1 saturated carbocycles. The predicted octanol–water partition coefficient (Wildman–Crippen LogP) is 2.82. The summed E-state index contributed by atoms with van der Waals surface area (Å²) in [5.74, 6) is 0.00431. The average molecular weight is 272 g/mol. The maximum atomic E-state index is 12.7. The Labute approximate surface area is 109 Å². The van der Waals surface area contributed by atoms with E-state index in [1.165, 1.54) is 12.1 Å². The van der Waals surface area contributed by atoms with Gasteiger partial charge in [0.25, 0.3) is 5.91 Å². The Morgan fingerprint density at radius 1 is 1.37 bits per heavy atom. The summed E-state index contributed by atoms with van der Waals surface area (Å²) in [5.41, 5.74) is 3.85. The van der Waals surface area contributed by atoms with E-state index in [0.717, 1.165) is 18.9 Å². The molecule has 0 spiro atoms. The first-order chi connectivity index (χ1) is 8.79. The van der Waals surface area contributed by atoms with E-state index in [4.69, 9.17) is 5.73 Å². The normalized spacial score (nSPS) is 22.7. The molecule has 1 fully saturated rings. The fraction of sp³-hybridized carbons (Fsp3) is 0.462. The van der Waals surface area contributed by atoms with E-state index in [2.05, 4.69) is 12.2 Å². The maximum absolute atomic E-state index is 12.7. The Balaban J connectivity index is 2.18. The second-order valence-electron chi connectivity index (χ2n) is 5.01. The number of anilines is 1. The standard InChI is InChI=1S/C13H15F3N2O/c1-7-5-8(6-7)18-12(19)9-3-2-4-10(11(9)17)13(14,15)16/h2-4,7-8H,5-6,17H2,1H3,(H,18,19). The van der Waals surface area contributed by atoms with Crippen LogP contribution >= 0.6 is 0 Å². The van der Waals surface area contributed by atoms with Crippen molar-refractivity contribution >= 4 is 11.6 Å². The smallest absolute Gasteiger partial charge is 0.398 e. The molecule has 0 bridgehead atoms. The number of alkyl halides is 3. The number of carbonyl (C=O) groups excluding carboxylic acids is 1. The number of nitrogens with two attached hydrogens (primary N) is 1. The molecule has 6 heteroatoms. The van der Waals surface area contributed by atoms with Crippen molar-refractivity contribution in [3.63, 3.8) is 0 Å². The van der Waals surface area contributed by atoms with Crippen LogP contribution in [0.3, 0.4) is 0 Å². The van der Waals surface area contributed by atoms with Crippen LogP contribution in [0.4, 0.5) is 18.9 Å². The largest absolute Gasteiger partial charge is 0.418 e. The van der Waals surface area contributed by atoms with Crippen molar-refractivity contribution in [2.45, 2.75) is 32.0 Å². The second-order valence-corrected chi connectivity index (χ2v) is 5.01. The molecule has 0 aromatic heterocycles. The van der Waals surface area contributed by atoms with Gasteiger partial charge in [0, 0.05) is 6.04 Å². The molecule has 0 unspecified atom stereocenters. The lowest BCUT2D eigenvalue weighted by Crippen LogP contribution is -2.43. The lowest BCUT2D eigenvalue weighted by atomic mass is 9.82. The number of nitrogen functional groups attached to an aromatic ring is 1. The molecule has 1 aromatic rings. The van der Waals surface area contributed by atoms with Crippen LogP contribution in [0.25, 0.3) is 0 Å². The lowest BCUT2D eigenvalue weighted by Gasteiger charge is -2.33. The summed E-state index contributed by atoms with van der Waals surface area (Å²) in [6, 6.07) is 3.41. The van der Waals surface area contributed by atoms with Gasteiger partial charge in [-0.1, -0.05) is 13.0 Å². The Kier molecular flexibility index (Phi) is 3.43. The highest BCUT2D eigenvalue weighted by molar-refractivity contribution is 6.00. The quantitative estimate of drug-likeness (QED) is 0.813. The zero-order valence-corrected chi connectivity index (χ0v) is 10.4. The number of halogens is 3. The third kappa shape index (κ3) is 2.83. The van der Waals surface area contributed by atoms with Crippen LogP contribution in [0.5, 0.6) is 0 Å². The topological polar surface area (TPSA) is 55.1 Å². The molecule has 0 atom stereocenters. The van der Waals surface area contributed by atoms with Crippen LogP contribution in [-0.2, 0) is 6.18 Å². The van der Waals surface area contributed by atoms with E-state index in [1.807, 2.05) is 0 Å². The maximum Gasteiger partial charge on any atom is 0.418 e. The molecule has 0 radical (unpaired) electrons. The van der Waals surface area contributed by atoms with Gasteiger partial charge in [-0.25, -0.2) is 0 Å².